The summed E-state index contributed by atoms with van der Waals surface area (Å²) in [5.74, 6) is 0. The number of ether oxygens (including phenoxy) is 1. The maximum absolute atomic E-state index is 5.31. The van der Waals surface area contributed by atoms with Crippen LogP contribution >= 0.6 is 34.0 Å². The quantitative estimate of drug-likeness (QED) is 0.502. The molecule has 0 heterocycles. The van der Waals surface area contributed by atoms with Crippen molar-refractivity contribution in [3.8, 4) is 0 Å². The van der Waals surface area contributed by atoms with E-state index in [1.54, 1.807) is 0 Å². The van der Waals surface area contributed by atoms with Crippen molar-refractivity contribution in [3.63, 3.8) is 0 Å². The van der Waals surface area contributed by atoms with E-state index in [1.165, 1.54) is 25.7 Å². The minimum atomic E-state index is 0. The number of hydrogen-bond donors (Lipinski definition) is 0. The van der Waals surface area contributed by atoms with Crippen molar-refractivity contribution in [1.82, 2.24) is 0 Å². The molecule has 0 N–H and O–H groups in total. The fourth-order valence-electron chi connectivity index (χ4n) is 0.595. The zero-order chi connectivity index (χ0) is 6.95. The van der Waals surface area contributed by atoms with Gasteiger partial charge >= 0.3 is 18.9 Å². The molecule has 0 aliphatic rings. The summed E-state index contributed by atoms with van der Waals surface area (Å²) in [4.78, 5) is 0. The van der Waals surface area contributed by atoms with Gasteiger partial charge in [-0.2, -0.15) is 0 Å². The average Bonchev–Trinajstić information content (AvgIpc) is 1.89. The molecule has 0 amide bonds. The Balaban J connectivity index is -0.0000000320. The molecular weight excluding hydrogens is 344 g/mol. The largest absolute Gasteiger partial charge is 1.00 e. The first kappa shape index (κ1) is 29.4. The summed E-state index contributed by atoms with van der Waals surface area (Å²) < 4.78 is 5.31. The van der Waals surface area contributed by atoms with Crippen LogP contribution in [0.15, 0.2) is 0 Å². The molecule has 5 heteroatoms. The molecule has 0 saturated carbocycles. The molecule has 0 aromatic rings. The average molecular weight is 365 g/mol. The maximum Gasteiger partial charge on any atom is 1.00 e. The molecule has 0 bridgehead atoms. The summed E-state index contributed by atoms with van der Waals surface area (Å²) in [5.41, 5.74) is 0. The van der Waals surface area contributed by atoms with Crippen molar-refractivity contribution in [2.45, 2.75) is 39.5 Å². The third-order valence-electron chi connectivity index (χ3n) is 1.28. The minimum absolute atomic E-state index is 0. The van der Waals surface area contributed by atoms with Gasteiger partial charge in [0.25, 0.3) is 0 Å². The third-order valence-corrected chi connectivity index (χ3v) is 1.28. The monoisotopic (exact) mass is 362 g/mol. The number of hydrogen-bond acceptors (Lipinski definition) is 1. The molecule has 76 valence electrons. The van der Waals surface area contributed by atoms with E-state index in [1.807, 2.05) is 0 Å². The SMILES string of the molecule is Br.Br.CCCCOCCCC.[H-].[Li+].[Zn]. The molecular formula is C8H21Br2LiOZn. The second kappa shape index (κ2) is 29.2. The smallest absolute Gasteiger partial charge is 1.00 e. The fraction of sp³-hybridized carbons (Fsp3) is 1.00. The first-order chi connectivity index (χ1) is 4.41. The summed E-state index contributed by atoms with van der Waals surface area (Å²) >= 11 is 0. The number of halogens is 2. The zero-order valence-corrected chi connectivity index (χ0v) is 15.6. The molecule has 0 rings (SSSR count). The van der Waals surface area contributed by atoms with Crippen LogP contribution in [0, 0.1) is 0 Å². The van der Waals surface area contributed by atoms with Crippen LogP contribution in [0.3, 0.4) is 0 Å². The van der Waals surface area contributed by atoms with Crippen molar-refractivity contribution in [2.24, 2.45) is 0 Å². The standard InChI is InChI=1S/C8H18O.2BrH.Li.Zn.H/c1-3-5-7-9-8-6-4-2;;;;;/h3-8H2,1-2H3;2*1H;;;/q;;;+1;;-1. The predicted octanol–water partition coefficient (Wildman–Crippen LogP) is 0.873. The third kappa shape index (κ3) is 31.5. The van der Waals surface area contributed by atoms with E-state index >= 15 is 0 Å². The van der Waals surface area contributed by atoms with Gasteiger partial charge in [-0.1, -0.05) is 26.7 Å². The van der Waals surface area contributed by atoms with Gasteiger partial charge in [-0.15, -0.1) is 34.0 Å². The molecule has 0 saturated heterocycles. The van der Waals surface area contributed by atoms with E-state index in [-0.39, 0.29) is 73.7 Å². The van der Waals surface area contributed by atoms with Gasteiger partial charge in [-0.05, 0) is 12.8 Å². The van der Waals surface area contributed by atoms with Crippen molar-refractivity contribution in [1.29, 1.82) is 0 Å². The summed E-state index contributed by atoms with van der Waals surface area (Å²) in [6.07, 6.45) is 4.91. The molecule has 0 aliphatic carbocycles. The molecule has 0 aliphatic heterocycles. The van der Waals surface area contributed by atoms with Gasteiger partial charge in [0.1, 0.15) is 0 Å². The van der Waals surface area contributed by atoms with Crippen LogP contribution in [-0.2, 0) is 24.2 Å². The Morgan fingerprint density at radius 1 is 0.923 bits per heavy atom. The molecule has 13 heavy (non-hydrogen) atoms. The molecule has 0 aromatic carbocycles. The van der Waals surface area contributed by atoms with Gasteiger partial charge in [-0.3, -0.25) is 0 Å². The topological polar surface area (TPSA) is 9.23 Å². The normalized spacial score (nSPS) is 6.92. The van der Waals surface area contributed by atoms with Crippen LogP contribution in [0.1, 0.15) is 41.0 Å². The summed E-state index contributed by atoms with van der Waals surface area (Å²) in [5, 5.41) is 0. The van der Waals surface area contributed by atoms with Gasteiger partial charge < -0.3 is 6.16 Å². The molecule has 0 spiro atoms. The fourth-order valence-corrected chi connectivity index (χ4v) is 0.595. The summed E-state index contributed by atoms with van der Waals surface area (Å²) in [6, 6.07) is 0. The van der Waals surface area contributed by atoms with Crippen molar-refractivity contribution < 1.29 is 44.5 Å². The van der Waals surface area contributed by atoms with E-state index < -0.39 is 0 Å². The Morgan fingerprint density at radius 3 is 1.46 bits per heavy atom. The Kier molecular flexibility index (Phi) is 66.2. The van der Waals surface area contributed by atoms with Crippen LogP contribution < -0.4 is 18.9 Å². The Labute approximate surface area is 130 Å². The van der Waals surface area contributed by atoms with Gasteiger partial charge in [0, 0.05) is 32.7 Å². The molecule has 0 atom stereocenters. The zero-order valence-electron chi connectivity index (χ0n) is 10.2. The van der Waals surface area contributed by atoms with E-state index in [0.29, 0.717) is 0 Å². The van der Waals surface area contributed by atoms with Crippen LogP contribution in [0.4, 0.5) is 0 Å². The Morgan fingerprint density at radius 2 is 1.23 bits per heavy atom. The number of rotatable bonds is 6. The molecule has 0 radical (unpaired) electrons. The minimum Gasteiger partial charge on any atom is -1.00 e. The van der Waals surface area contributed by atoms with Gasteiger partial charge in [0.2, 0.25) is 0 Å². The second-order valence-electron chi connectivity index (χ2n) is 2.32. The van der Waals surface area contributed by atoms with Crippen LogP contribution in [0.25, 0.3) is 0 Å². The first-order valence-electron chi connectivity index (χ1n) is 3.99. The molecule has 0 fully saturated rings. The number of unbranched alkanes of at least 4 members (excludes halogenated alkanes) is 2. The van der Waals surface area contributed by atoms with E-state index in [2.05, 4.69) is 13.8 Å². The maximum atomic E-state index is 5.31. The Hall–Kier alpha value is 2.14. The summed E-state index contributed by atoms with van der Waals surface area (Å²) in [7, 11) is 0. The molecule has 1 nitrogen and oxygen atoms in total. The van der Waals surface area contributed by atoms with E-state index in [4.69, 9.17) is 4.74 Å². The van der Waals surface area contributed by atoms with Crippen molar-refractivity contribution in [2.75, 3.05) is 13.2 Å². The van der Waals surface area contributed by atoms with E-state index in [9.17, 15) is 0 Å². The van der Waals surface area contributed by atoms with Crippen molar-refractivity contribution in [3.05, 3.63) is 0 Å². The van der Waals surface area contributed by atoms with Gasteiger partial charge in [-0.25, -0.2) is 0 Å². The molecule has 0 aromatic heterocycles. The predicted molar refractivity (Wildman–Crippen MR) is 62.4 cm³/mol. The van der Waals surface area contributed by atoms with Crippen LogP contribution in [0.2, 0.25) is 0 Å². The van der Waals surface area contributed by atoms with Gasteiger partial charge in [0.15, 0.2) is 0 Å². The molecule has 0 unspecified atom stereocenters. The van der Waals surface area contributed by atoms with Crippen LogP contribution in [-0.4, -0.2) is 13.2 Å². The van der Waals surface area contributed by atoms with Crippen molar-refractivity contribution >= 4 is 34.0 Å². The second-order valence-corrected chi connectivity index (χ2v) is 2.32. The first-order valence-corrected chi connectivity index (χ1v) is 3.99. The summed E-state index contributed by atoms with van der Waals surface area (Å²) in [6.45, 7) is 6.28. The Bertz CT molecular complexity index is 60.6. The van der Waals surface area contributed by atoms with Crippen LogP contribution in [0.5, 0.6) is 0 Å². The van der Waals surface area contributed by atoms with E-state index in [0.717, 1.165) is 13.2 Å². The van der Waals surface area contributed by atoms with Gasteiger partial charge in [0.05, 0.1) is 0 Å².